The van der Waals surface area contributed by atoms with E-state index in [1.807, 2.05) is 55.6 Å². The molecule has 4 heterocycles. The molecule has 4 aliphatic rings. The number of ether oxygens (including phenoxy) is 6. The van der Waals surface area contributed by atoms with Crippen LogP contribution in [0.2, 0.25) is 0 Å². The van der Waals surface area contributed by atoms with Crippen molar-refractivity contribution in [1.82, 2.24) is 5.32 Å². The predicted molar refractivity (Wildman–Crippen MR) is 258 cm³/mol. The molecular weight excluding hydrogens is 933 g/mol. The minimum atomic E-state index is -1.59. The van der Waals surface area contributed by atoms with Crippen molar-refractivity contribution in [2.75, 3.05) is 42.6 Å². The van der Waals surface area contributed by atoms with E-state index in [1.165, 1.54) is 11.8 Å². The lowest BCUT2D eigenvalue weighted by atomic mass is 9.84. The van der Waals surface area contributed by atoms with Gasteiger partial charge in [0.2, 0.25) is 11.2 Å². The van der Waals surface area contributed by atoms with Gasteiger partial charge in [0, 0.05) is 77.2 Å². The summed E-state index contributed by atoms with van der Waals surface area (Å²) in [4.78, 5) is 13.4. The van der Waals surface area contributed by atoms with Gasteiger partial charge in [0.05, 0.1) is 35.1 Å². The van der Waals surface area contributed by atoms with Crippen LogP contribution in [0, 0.1) is 0 Å². The van der Waals surface area contributed by atoms with Gasteiger partial charge in [-0.3, -0.25) is 4.79 Å². The summed E-state index contributed by atoms with van der Waals surface area (Å²) in [5.41, 5.74) is 53.6. The van der Waals surface area contributed by atoms with Crippen molar-refractivity contribution in [1.29, 1.82) is 0 Å². The Morgan fingerprint density at radius 2 is 1.21 bits per heavy atom. The van der Waals surface area contributed by atoms with E-state index in [4.69, 9.17) is 74.3 Å². The van der Waals surface area contributed by atoms with Gasteiger partial charge in [-0.1, -0.05) is 6.07 Å². The third-order valence-corrected chi connectivity index (χ3v) is 14.8. The van der Waals surface area contributed by atoms with Gasteiger partial charge in [-0.05, 0) is 55.0 Å². The Morgan fingerprint density at radius 1 is 0.657 bits per heavy atom. The molecule has 384 valence electrons. The zero-order valence-electron chi connectivity index (χ0n) is 38.5. The lowest BCUT2D eigenvalue weighted by Crippen LogP contribution is -2.68. The minimum absolute atomic E-state index is 0.0707. The zero-order chi connectivity index (χ0) is 50.3. The number of hydrogen-bond acceptors (Lipinski definition) is 22. The number of pyridine rings is 1. The highest BCUT2D eigenvalue weighted by Crippen LogP contribution is 2.37. The summed E-state index contributed by atoms with van der Waals surface area (Å²) in [6.07, 6.45) is -19.8. The molecule has 0 bridgehead atoms. The lowest BCUT2D eigenvalue weighted by molar-refractivity contribution is -0.632. The monoisotopic (exact) mass is 999 g/mol. The molecule has 23 nitrogen and oxygen atoms in total. The van der Waals surface area contributed by atoms with E-state index >= 15 is 0 Å². The Kier molecular flexibility index (Phi) is 16.5. The first-order valence-corrected chi connectivity index (χ1v) is 24.4. The van der Waals surface area contributed by atoms with Crippen molar-refractivity contribution >= 4 is 50.7 Å². The summed E-state index contributed by atoms with van der Waals surface area (Å²) < 4.78 is 38.7. The normalized spacial score (nSPS) is 37.0. The molecule has 3 aliphatic heterocycles. The number of anilines is 2. The molecule has 0 spiro atoms. The summed E-state index contributed by atoms with van der Waals surface area (Å²) >= 11 is 1.36. The van der Waals surface area contributed by atoms with Crippen LogP contribution in [0.25, 0.3) is 32.9 Å². The molecule has 24 heteroatoms. The smallest absolute Gasteiger partial charge is 0.251 e. The van der Waals surface area contributed by atoms with Crippen molar-refractivity contribution in [2.45, 2.75) is 123 Å². The fourth-order valence-corrected chi connectivity index (χ4v) is 10.7. The highest BCUT2D eigenvalue weighted by atomic mass is 32.2. The maximum absolute atomic E-state index is 13.4. The highest BCUT2D eigenvalue weighted by molar-refractivity contribution is 7.99. The molecule has 1 aliphatic carbocycles. The average molecular weight is 1000 g/mol. The number of aliphatic hydroxyl groups is 6. The molecule has 1 aromatic heterocycles. The van der Waals surface area contributed by atoms with Crippen LogP contribution in [0.5, 0.6) is 0 Å². The molecule has 1 saturated carbocycles. The summed E-state index contributed by atoms with van der Waals surface area (Å²) in [5.74, 6) is 0.235. The summed E-state index contributed by atoms with van der Waals surface area (Å²) in [7, 11) is 1.96. The second-order valence-electron chi connectivity index (χ2n) is 18.5. The van der Waals surface area contributed by atoms with E-state index in [2.05, 4.69) is 9.88 Å². The van der Waals surface area contributed by atoms with Gasteiger partial charge in [0.25, 0.3) is 5.91 Å². The number of nitrogen functional groups attached to an aromatic ring is 2. The van der Waals surface area contributed by atoms with Gasteiger partial charge >= 0.3 is 0 Å². The Morgan fingerprint density at radius 3 is 1.83 bits per heavy atom. The molecular formula is C46H67N10O13S+. The Balaban J connectivity index is 0.944. The predicted octanol–water partition coefficient (Wildman–Crippen LogP) is -4.76. The van der Waals surface area contributed by atoms with E-state index in [-0.39, 0.29) is 37.7 Å². The van der Waals surface area contributed by atoms with E-state index in [9.17, 15) is 35.4 Å². The van der Waals surface area contributed by atoms with Gasteiger partial charge in [-0.25, -0.2) is 0 Å². The van der Waals surface area contributed by atoms with Crippen molar-refractivity contribution in [3.63, 3.8) is 0 Å². The average Bonchev–Trinajstić information content (AvgIpc) is 3.63. The first-order valence-electron chi connectivity index (χ1n) is 23.2. The number of nitrogens with one attached hydrogen (secondary N) is 1. The van der Waals surface area contributed by atoms with Crippen LogP contribution in [-0.4, -0.2) is 184 Å². The van der Waals surface area contributed by atoms with Crippen LogP contribution in [-0.2, 0) is 35.5 Å². The lowest BCUT2D eigenvalue weighted by Gasteiger charge is -2.47. The van der Waals surface area contributed by atoms with Crippen LogP contribution in [0.4, 0.5) is 11.4 Å². The summed E-state index contributed by atoms with van der Waals surface area (Å²) in [6, 6.07) is 14.5. The number of carbonyl (C=O) groups excluding carboxylic acids is 1. The summed E-state index contributed by atoms with van der Waals surface area (Å²) in [6.45, 7) is -0.118. The molecule has 70 heavy (non-hydrogen) atoms. The minimum Gasteiger partial charge on any atom is -0.399 e. The topological polar surface area (TPSA) is 418 Å². The molecule has 0 radical (unpaired) electrons. The number of amides is 1. The Labute approximate surface area is 407 Å². The number of thioether (sulfide) groups is 1. The number of benzene rings is 3. The molecule has 4 aromatic rings. The van der Waals surface area contributed by atoms with E-state index < -0.39 is 116 Å². The molecule has 3 saturated heterocycles. The van der Waals surface area contributed by atoms with Crippen LogP contribution in [0.1, 0.15) is 16.8 Å². The van der Waals surface area contributed by atoms with Crippen LogP contribution in [0.15, 0.2) is 60.7 Å². The number of fused-ring (bicyclic) bond motifs is 3. The van der Waals surface area contributed by atoms with Crippen molar-refractivity contribution in [3.8, 4) is 11.3 Å². The number of hydrogen-bond donors (Lipinski definition) is 15. The van der Waals surface area contributed by atoms with Crippen molar-refractivity contribution in [2.24, 2.45) is 41.4 Å². The fourth-order valence-electron chi connectivity index (χ4n) is 9.74. The van der Waals surface area contributed by atoms with Gasteiger partial charge in [0.15, 0.2) is 18.9 Å². The number of nitrogens with zero attached hydrogens (tertiary/aromatic N) is 1. The molecule has 23 N–H and O–H groups in total. The van der Waals surface area contributed by atoms with Crippen molar-refractivity contribution < 1.29 is 68.4 Å². The number of rotatable bonds is 15. The molecule has 0 unspecified atom stereocenters. The van der Waals surface area contributed by atoms with E-state index in [1.54, 1.807) is 12.1 Å². The first-order chi connectivity index (χ1) is 33.4. The van der Waals surface area contributed by atoms with Crippen LogP contribution >= 0.6 is 11.8 Å². The maximum Gasteiger partial charge on any atom is 0.251 e. The van der Waals surface area contributed by atoms with Crippen LogP contribution in [0.3, 0.4) is 0 Å². The largest absolute Gasteiger partial charge is 0.399 e. The molecule has 4 fully saturated rings. The van der Waals surface area contributed by atoms with E-state index in [0.29, 0.717) is 22.7 Å². The third-order valence-electron chi connectivity index (χ3n) is 13.7. The third kappa shape index (κ3) is 10.4. The molecule has 19 atom stereocenters. The molecule has 1 amide bonds. The van der Waals surface area contributed by atoms with E-state index in [0.717, 1.165) is 32.9 Å². The van der Waals surface area contributed by atoms with Gasteiger partial charge in [-0.15, -0.1) is 0 Å². The van der Waals surface area contributed by atoms with Crippen LogP contribution < -0.4 is 55.8 Å². The van der Waals surface area contributed by atoms with Gasteiger partial charge < -0.3 is 110 Å². The maximum atomic E-state index is 13.4. The first kappa shape index (κ1) is 52.4. The second-order valence-corrected chi connectivity index (χ2v) is 19.6. The van der Waals surface area contributed by atoms with Gasteiger partial charge in [-0.2, -0.15) is 16.3 Å². The van der Waals surface area contributed by atoms with Crippen molar-refractivity contribution in [3.05, 3.63) is 66.2 Å². The standard InChI is InChI=1S/C46H66N10O13S/c1-56-27-13-21(50)7-9-23(27)22-8-6-20(49)12-24(22)33(56)18-2-4-19(5-3-18)43(63)55-10-11-70-17-30-41(68-45-32(54)38(61)36(59)29(16-48)65-45)39(62)46(66-30)69-42-34(57)25(51)14-26(52)40(42)67-44-31(53)37(60)35(58)28(15-47)64-44/h2-9,12-13,25-26,28-32,34-42,44-46,50,57-62H,10-11,14-17,47-48,51-54H2,1H3,(H3,49,55,63)/p+1/t25-,26+,28-,29+,30-,31-,32-,34+,35-,36-,37-,38-,39-,40-,41-,42-,44-,45-,46+/m1/s1. The zero-order valence-corrected chi connectivity index (χ0v) is 39.3. The second kappa shape index (κ2) is 22.0. The Hall–Kier alpha value is -3.97. The number of nitrogens with two attached hydrogens (primary N) is 8. The number of aryl methyl sites for hydroxylation is 1. The fraction of sp³-hybridized carbons (Fsp3) is 0.565. The number of carbonyl (C=O) groups is 1. The number of aromatic nitrogens is 1. The van der Waals surface area contributed by atoms with Gasteiger partial charge in [0.1, 0.15) is 68.1 Å². The molecule has 3 aromatic carbocycles. The SMILES string of the molecule is C[n+]1c(-c2ccc(C(=O)NCCSC[C@H]3O[C@@H](O[C@@H]4[C@@H](O)[C@H](N)C[C@H](N)[C@H]4O[C@H]4O[C@H](CN)[C@@H](O)[C@H](O)[C@H]4N)[C@H](O)[C@@H]3O[C@H]3O[C@@H](CN)[C@@H](O)[C@H](O)[C@H]3N)cc2)c2cc(N)ccc2c2ccc(N)cc21. The Bertz CT molecular complexity index is 2450. The number of aliphatic hydroxyl groups excluding tert-OH is 6. The summed E-state index contributed by atoms with van der Waals surface area (Å²) in [5, 5.41) is 71.5. The quantitative estimate of drug-likeness (QED) is 0.0230. The molecule has 8 rings (SSSR count). The highest BCUT2D eigenvalue weighted by Gasteiger charge is 2.54.